The topological polar surface area (TPSA) is 26.0 Å². The van der Waals surface area contributed by atoms with Crippen molar-refractivity contribution in [2.24, 2.45) is 5.73 Å². The first-order valence-corrected chi connectivity index (χ1v) is 5.45. The minimum absolute atomic E-state index is 0.167. The second kappa shape index (κ2) is 5.85. The van der Waals surface area contributed by atoms with Gasteiger partial charge in [-0.25, -0.2) is 0 Å². The van der Waals surface area contributed by atoms with Crippen LogP contribution in [-0.2, 0) is 6.42 Å². The summed E-state index contributed by atoms with van der Waals surface area (Å²) in [5.41, 5.74) is 7.18. The van der Waals surface area contributed by atoms with Crippen molar-refractivity contribution in [1.29, 1.82) is 0 Å². The lowest BCUT2D eigenvalue weighted by Gasteiger charge is -2.09. The molecule has 0 amide bonds. The molecular formula is C12H14BrN. The first-order valence-electron chi connectivity index (χ1n) is 4.66. The summed E-state index contributed by atoms with van der Waals surface area (Å²) >= 11 is 3.43. The van der Waals surface area contributed by atoms with E-state index in [2.05, 4.69) is 34.0 Å². The molecule has 1 unspecified atom stereocenters. The second-order valence-electron chi connectivity index (χ2n) is 3.34. The normalized spacial score (nSPS) is 12.1. The van der Waals surface area contributed by atoms with Crippen molar-refractivity contribution in [3.05, 3.63) is 34.3 Å². The van der Waals surface area contributed by atoms with Crippen LogP contribution < -0.4 is 5.73 Å². The van der Waals surface area contributed by atoms with Gasteiger partial charge in [0.15, 0.2) is 0 Å². The van der Waals surface area contributed by atoms with Crippen molar-refractivity contribution in [3.8, 4) is 12.3 Å². The highest BCUT2D eigenvalue weighted by atomic mass is 79.9. The second-order valence-corrected chi connectivity index (χ2v) is 4.25. The van der Waals surface area contributed by atoms with Crippen LogP contribution in [0.3, 0.4) is 0 Å². The molecule has 0 aromatic heterocycles. The van der Waals surface area contributed by atoms with Crippen molar-refractivity contribution < 1.29 is 0 Å². The quantitative estimate of drug-likeness (QED) is 0.819. The lowest BCUT2D eigenvalue weighted by molar-refractivity contribution is 0.623. The third kappa shape index (κ3) is 3.95. The maximum Gasteiger partial charge on any atom is 0.0178 e. The number of terminal acetylenes is 1. The summed E-state index contributed by atoms with van der Waals surface area (Å²) in [5.74, 6) is 2.61. The van der Waals surface area contributed by atoms with Crippen LogP contribution in [-0.4, -0.2) is 6.04 Å². The fourth-order valence-electron chi connectivity index (χ4n) is 1.34. The number of nitrogens with two attached hydrogens (primary N) is 1. The maximum atomic E-state index is 5.93. The van der Waals surface area contributed by atoms with E-state index >= 15 is 0 Å². The molecule has 0 aliphatic carbocycles. The Kier molecular flexibility index (Phi) is 4.72. The molecule has 0 bridgehead atoms. The first-order chi connectivity index (χ1) is 6.72. The minimum Gasteiger partial charge on any atom is -0.327 e. The highest BCUT2D eigenvalue weighted by Gasteiger charge is 2.03. The molecule has 0 aliphatic heterocycles. The predicted molar refractivity (Wildman–Crippen MR) is 63.9 cm³/mol. The zero-order valence-corrected chi connectivity index (χ0v) is 9.63. The summed E-state index contributed by atoms with van der Waals surface area (Å²) in [6.45, 7) is 0. The van der Waals surface area contributed by atoms with Gasteiger partial charge >= 0.3 is 0 Å². The highest BCUT2D eigenvalue weighted by Crippen LogP contribution is 2.13. The van der Waals surface area contributed by atoms with Crippen LogP contribution in [0.4, 0.5) is 0 Å². The molecule has 0 saturated heterocycles. The molecular weight excluding hydrogens is 238 g/mol. The lowest BCUT2D eigenvalue weighted by atomic mass is 10.0. The van der Waals surface area contributed by atoms with Crippen LogP contribution >= 0.6 is 15.9 Å². The number of benzene rings is 1. The van der Waals surface area contributed by atoms with Gasteiger partial charge in [-0.1, -0.05) is 28.1 Å². The van der Waals surface area contributed by atoms with Gasteiger partial charge in [0, 0.05) is 16.9 Å². The van der Waals surface area contributed by atoms with Gasteiger partial charge < -0.3 is 5.73 Å². The largest absolute Gasteiger partial charge is 0.327 e. The van der Waals surface area contributed by atoms with Gasteiger partial charge in [-0.2, -0.15) is 0 Å². The number of hydrogen-bond acceptors (Lipinski definition) is 1. The molecule has 1 nitrogen and oxygen atoms in total. The van der Waals surface area contributed by atoms with Gasteiger partial charge in [-0.3, -0.25) is 0 Å². The van der Waals surface area contributed by atoms with Gasteiger partial charge in [0.25, 0.3) is 0 Å². The summed E-state index contributed by atoms with van der Waals surface area (Å²) < 4.78 is 1.10. The van der Waals surface area contributed by atoms with E-state index in [9.17, 15) is 0 Å². The third-order valence-corrected chi connectivity index (χ3v) is 2.54. The molecule has 14 heavy (non-hydrogen) atoms. The van der Waals surface area contributed by atoms with Gasteiger partial charge in [0.1, 0.15) is 0 Å². The summed E-state index contributed by atoms with van der Waals surface area (Å²) in [6.07, 6.45) is 7.72. The van der Waals surface area contributed by atoms with Gasteiger partial charge in [0.05, 0.1) is 0 Å². The van der Waals surface area contributed by atoms with E-state index in [-0.39, 0.29) is 6.04 Å². The molecule has 0 heterocycles. The average Bonchev–Trinajstić information content (AvgIpc) is 2.15. The standard InChI is InChI=1S/C12H14BrN/c1-2-3-7-12(14)9-10-5-4-6-11(13)8-10/h1,4-6,8,12H,3,7,9,14H2. The van der Waals surface area contributed by atoms with Crippen molar-refractivity contribution in [3.63, 3.8) is 0 Å². The van der Waals surface area contributed by atoms with E-state index in [0.29, 0.717) is 0 Å². The maximum absolute atomic E-state index is 5.93. The molecule has 0 saturated carbocycles. The van der Waals surface area contributed by atoms with Crippen LogP contribution in [0, 0.1) is 12.3 Å². The molecule has 74 valence electrons. The van der Waals surface area contributed by atoms with Crippen LogP contribution in [0.1, 0.15) is 18.4 Å². The van der Waals surface area contributed by atoms with Crippen LogP contribution in [0.15, 0.2) is 28.7 Å². The minimum atomic E-state index is 0.167. The number of hydrogen-bond donors (Lipinski definition) is 1. The number of halogens is 1. The smallest absolute Gasteiger partial charge is 0.0178 e. The van der Waals surface area contributed by atoms with E-state index in [4.69, 9.17) is 12.2 Å². The van der Waals surface area contributed by atoms with Crippen molar-refractivity contribution >= 4 is 15.9 Å². The Labute approximate surface area is 93.8 Å². The highest BCUT2D eigenvalue weighted by molar-refractivity contribution is 9.10. The van der Waals surface area contributed by atoms with Crippen molar-refractivity contribution in [2.45, 2.75) is 25.3 Å². The molecule has 1 aromatic rings. The Morgan fingerprint density at radius 3 is 2.93 bits per heavy atom. The van der Waals surface area contributed by atoms with Gasteiger partial charge in [0.2, 0.25) is 0 Å². The molecule has 0 fully saturated rings. The van der Waals surface area contributed by atoms with Crippen molar-refractivity contribution in [1.82, 2.24) is 0 Å². The predicted octanol–water partition coefficient (Wildman–Crippen LogP) is 2.73. The SMILES string of the molecule is C#CCCC(N)Cc1cccc(Br)c1. The summed E-state index contributed by atoms with van der Waals surface area (Å²) in [5, 5.41) is 0. The molecule has 0 spiro atoms. The molecule has 1 aromatic carbocycles. The fourth-order valence-corrected chi connectivity index (χ4v) is 1.78. The summed E-state index contributed by atoms with van der Waals surface area (Å²) in [4.78, 5) is 0. The third-order valence-electron chi connectivity index (χ3n) is 2.05. The van der Waals surface area contributed by atoms with E-state index < -0.39 is 0 Å². The Bertz CT molecular complexity index is 327. The van der Waals surface area contributed by atoms with Crippen molar-refractivity contribution in [2.75, 3.05) is 0 Å². The summed E-state index contributed by atoms with van der Waals surface area (Å²) in [7, 11) is 0. The molecule has 1 atom stereocenters. The molecule has 1 rings (SSSR count). The van der Waals surface area contributed by atoms with Gasteiger partial charge in [-0.15, -0.1) is 12.3 Å². The van der Waals surface area contributed by atoms with Crippen LogP contribution in [0.25, 0.3) is 0 Å². The monoisotopic (exact) mass is 251 g/mol. The van der Waals surface area contributed by atoms with E-state index in [1.54, 1.807) is 0 Å². The molecule has 0 radical (unpaired) electrons. The fraction of sp³-hybridized carbons (Fsp3) is 0.333. The Balaban J connectivity index is 2.48. The number of rotatable bonds is 4. The van der Waals surface area contributed by atoms with E-state index in [0.717, 1.165) is 23.7 Å². The van der Waals surface area contributed by atoms with Crippen LogP contribution in [0.2, 0.25) is 0 Å². The Morgan fingerprint density at radius 1 is 1.50 bits per heavy atom. The van der Waals surface area contributed by atoms with E-state index in [1.165, 1.54) is 5.56 Å². The Morgan fingerprint density at radius 2 is 2.29 bits per heavy atom. The molecule has 2 heteroatoms. The molecule has 2 N–H and O–H groups in total. The zero-order valence-electron chi connectivity index (χ0n) is 8.04. The first kappa shape index (κ1) is 11.3. The van der Waals surface area contributed by atoms with E-state index in [1.807, 2.05) is 12.1 Å². The molecule has 0 aliphatic rings. The summed E-state index contributed by atoms with van der Waals surface area (Å²) in [6, 6.07) is 8.38. The lowest BCUT2D eigenvalue weighted by Crippen LogP contribution is -2.22. The zero-order chi connectivity index (χ0) is 10.4. The average molecular weight is 252 g/mol. The Hall–Kier alpha value is -0.780. The van der Waals surface area contributed by atoms with Gasteiger partial charge in [-0.05, 0) is 30.5 Å². The van der Waals surface area contributed by atoms with Crippen LogP contribution in [0.5, 0.6) is 0 Å².